The molecule has 0 aromatic heterocycles. The highest BCUT2D eigenvalue weighted by Gasteiger charge is 2.32. The molecule has 0 bridgehead atoms. The number of ether oxygens (including phenoxy) is 1. The summed E-state index contributed by atoms with van der Waals surface area (Å²) in [4.78, 5) is 26.9. The predicted molar refractivity (Wildman–Crippen MR) is 145 cm³/mol. The van der Waals surface area contributed by atoms with E-state index in [2.05, 4.69) is 16.0 Å². The molecule has 8 heteroatoms. The van der Waals surface area contributed by atoms with Crippen molar-refractivity contribution >= 4 is 23.5 Å². The van der Waals surface area contributed by atoms with E-state index >= 15 is 0 Å². The van der Waals surface area contributed by atoms with Gasteiger partial charge in [-0.05, 0) is 56.3 Å². The molecular formula is C28H45ClN4O3. The van der Waals surface area contributed by atoms with Crippen LogP contribution < -0.4 is 16.0 Å². The number of carbonyl (C=O) groups excluding carboxylic acids is 2. The number of halogens is 1. The van der Waals surface area contributed by atoms with E-state index in [1.807, 2.05) is 36.2 Å². The van der Waals surface area contributed by atoms with Crippen LogP contribution in [-0.4, -0.2) is 63.2 Å². The van der Waals surface area contributed by atoms with E-state index in [1.165, 1.54) is 32.1 Å². The van der Waals surface area contributed by atoms with Crippen LogP contribution in [0.25, 0.3) is 0 Å². The quantitative estimate of drug-likeness (QED) is 0.342. The molecule has 0 spiro atoms. The van der Waals surface area contributed by atoms with Gasteiger partial charge in [0.25, 0.3) is 0 Å². The van der Waals surface area contributed by atoms with Crippen molar-refractivity contribution in [2.24, 2.45) is 11.8 Å². The zero-order chi connectivity index (χ0) is 25.8. The third-order valence-corrected chi connectivity index (χ3v) is 7.83. The lowest BCUT2D eigenvalue weighted by atomic mass is 9.85. The Labute approximate surface area is 222 Å². The fourth-order valence-corrected chi connectivity index (χ4v) is 5.93. The molecule has 1 aliphatic heterocycles. The van der Waals surface area contributed by atoms with Crippen molar-refractivity contribution in [1.82, 2.24) is 20.9 Å². The number of urea groups is 1. The van der Waals surface area contributed by atoms with Crippen LogP contribution in [0, 0.1) is 11.8 Å². The number of hydrogen-bond acceptors (Lipinski definition) is 4. The van der Waals surface area contributed by atoms with Crippen molar-refractivity contribution in [3.8, 4) is 0 Å². The molecule has 3 amide bonds. The lowest BCUT2D eigenvalue weighted by Gasteiger charge is -2.38. The molecule has 1 saturated carbocycles. The van der Waals surface area contributed by atoms with Crippen molar-refractivity contribution in [1.29, 1.82) is 0 Å². The molecule has 1 aromatic carbocycles. The maximum absolute atomic E-state index is 13.3. The van der Waals surface area contributed by atoms with Crippen LogP contribution in [0.3, 0.4) is 0 Å². The Morgan fingerprint density at radius 2 is 1.94 bits per heavy atom. The number of piperidine rings is 1. The number of amides is 3. The fraction of sp³-hybridized carbons (Fsp3) is 0.714. The summed E-state index contributed by atoms with van der Waals surface area (Å²) >= 11 is 6.31. The second kappa shape index (κ2) is 15.4. The molecule has 3 atom stereocenters. The van der Waals surface area contributed by atoms with Gasteiger partial charge in [-0.25, -0.2) is 4.79 Å². The molecule has 2 aliphatic rings. The van der Waals surface area contributed by atoms with E-state index in [4.69, 9.17) is 16.3 Å². The zero-order valence-corrected chi connectivity index (χ0v) is 22.8. The molecule has 1 saturated heterocycles. The van der Waals surface area contributed by atoms with E-state index in [-0.39, 0.29) is 30.0 Å². The van der Waals surface area contributed by atoms with Crippen LogP contribution in [0.4, 0.5) is 4.79 Å². The highest BCUT2D eigenvalue weighted by atomic mass is 35.5. The molecule has 0 unspecified atom stereocenters. The summed E-state index contributed by atoms with van der Waals surface area (Å²) in [6.07, 6.45) is 10.4. The van der Waals surface area contributed by atoms with Gasteiger partial charge >= 0.3 is 6.03 Å². The molecule has 3 rings (SSSR count). The summed E-state index contributed by atoms with van der Waals surface area (Å²) < 4.78 is 6.36. The van der Waals surface area contributed by atoms with E-state index in [0.717, 1.165) is 37.9 Å². The van der Waals surface area contributed by atoms with Crippen LogP contribution in [0.1, 0.15) is 75.9 Å². The third kappa shape index (κ3) is 9.24. The Balaban J connectivity index is 1.62. The van der Waals surface area contributed by atoms with Gasteiger partial charge in [0.2, 0.25) is 5.91 Å². The normalized spacial score (nSPS) is 20.5. The Hall–Kier alpha value is -1.83. The summed E-state index contributed by atoms with van der Waals surface area (Å²) in [7, 11) is 3.60. The standard InChI is InChI=1S/C28H45ClN4O3/c1-30-19-25(17-21-9-4-3-5-10-21)32-28(35)33-15-7-12-23(20-33)27(22-11-6-13-24(29)18-22)36-16-8-14-26(34)31-2/h6,11,13,18,21,23,25,27,30H,3-5,7-10,12,14-17,19-20H2,1-2H3,(H,31,34)(H,32,35)/t23-,25+,27-/m0/s1. The molecule has 1 heterocycles. The number of likely N-dealkylation sites (tertiary alicyclic amines) is 1. The molecule has 2 fully saturated rings. The molecule has 0 radical (unpaired) electrons. The number of nitrogens with zero attached hydrogens (tertiary/aromatic N) is 1. The molecule has 7 nitrogen and oxygen atoms in total. The molecule has 3 N–H and O–H groups in total. The Kier molecular flexibility index (Phi) is 12.3. The number of carbonyl (C=O) groups is 2. The molecular weight excluding hydrogens is 476 g/mol. The second-order valence-corrected chi connectivity index (χ2v) is 10.9. The van der Waals surface area contributed by atoms with Crippen molar-refractivity contribution in [3.05, 3.63) is 34.9 Å². The molecule has 36 heavy (non-hydrogen) atoms. The number of hydrogen-bond donors (Lipinski definition) is 3. The smallest absolute Gasteiger partial charge is 0.317 e. The first-order valence-electron chi connectivity index (χ1n) is 13.8. The molecule has 202 valence electrons. The minimum atomic E-state index is -0.167. The van der Waals surface area contributed by atoms with Gasteiger partial charge in [0, 0.05) is 56.7 Å². The van der Waals surface area contributed by atoms with E-state index in [9.17, 15) is 9.59 Å². The van der Waals surface area contributed by atoms with Gasteiger partial charge < -0.3 is 25.6 Å². The number of likely N-dealkylation sites (N-methyl/N-ethyl adjacent to an activating group) is 1. The highest BCUT2D eigenvalue weighted by Crippen LogP contribution is 2.34. The van der Waals surface area contributed by atoms with Crippen molar-refractivity contribution in [2.45, 2.75) is 76.4 Å². The minimum Gasteiger partial charge on any atom is -0.373 e. The largest absolute Gasteiger partial charge is 0.373 e. The fourth-order valence-electron chi connectivity index (χ4n) is 5.73. The molecule has 1 aromatic rings. The maximum Gasteiger partial charge on any atom is 0.317 e. The SMILES string of the molecule is CNC[C@@H](CC1CCCCC1)NC(=O)N1CCC[C@H]([C@@H](OCCCC(=O)NC)c2cccc(Cl)c2)C1. The summed E-state index contributed by atoms with van der Waals surface area (Å²) in [6.45, 7) is 2.68. The average Bonchev–Trinajstić information content (AvgIpc) is 2.89. The first-order valence-corrected chi connectivity index (χ1v) is 14.2. The average molecular weight is 521 g/mol. The third-order valence-electron chi connectivity index (χ3n) is 7.60. The monoisotopic (exact) mass is 520 g/mol. The summed E-state index contributed by atoms with van der Waals surface area (Å²) in [5.41, 5.74) is 1.03. The van der Waals surface area contributed by atoms with Gasteiger partial charge in [-0.3, -0.25) is 4.79 Å². The Morgan fingerprint density at radius 1 is 1.14 bits per heavy atom. The van der Waals surface area contributed by atoms with Gasteiger partial charge in [0.1, 0.15) is 0 Å². The van der Waals surface area contributed by atoms with Crippen molar-refractivity contribution in [2.75, 3.05) is 40.3 Å². The van der Waals surface area contributed by atoms with E-state index < -0.39 is 0 Å². The number of nitrogens with one attached hydrogen (secondary N) is 3. The number of benzene rings is 1. The van der Waals surface area contributed by atoms with Crippen molar-refractivity contribution in [3.63, 3.8) is 0 Å². The first kappa shape index (κ1) is 28.7. The van der Waals surface area contributed by atoms with Crippen LogP contribution >= 0.6 is 11.6 Å². The Morgan fingerprint density at radius 3 is 2.67 bits per heavy atom. The van der Waals surface area contributed by atoms with E-state index in [1.54, 1.807) is 7.05 Å². The summed E-state index contributed by atoms with van der Waals surface area (Å²) in [6, 6.07) is 7.98. The van der Waals surface area contributed by atoms with Crippen LogP contribution in [0.5, 0.6) is 0 Å². The van der Waals surface area contributed by atoms with Crippen molar-refractivity contribution < 1.29 is 14.3 Å². The maximum atomic E-state index is 13.3. The predicted octanol–water partition coefficient (Wildman–Crippen LogP) is 4.90. The first-order chi connectivity index (χ1) is 17.5. The number of rotatable bonds is 12. The van der Waals surface area contributed by atoms with Gasteiger partial charge in [0.15, 0.2) is 0 Å². The lowest BCUT2D eigenvalue weighted by Crippen LogP contribution is -2.52. The van der Waals surface area contributed by atoms with Crippen LogP contribution in [-0.2, 0) is 9.53 Å². The minimum absolute atomic E-state index is 0.0165. The highest BCUT2D eigenvalue weighted by molar-refractivity contribution is 6.30. The van der Waals surface area contributed by atoms with Gasteiger partial charge in [-0.1, -0.05) is 55.8 Å². The van der Waals surface area contributed by atoms with E-state index in [0.29, 0.717) is 36.9 Å². The van der Waals surface area contributed by atoms with Crippen LogP contribution in [0.2, 0.25) is 5.02 Å². The van der Waals surface area contributed by atoms with Crippen LogP contribution in [0.15, 0.2) is 24.3 Å². The Bertz CT molecular complexity index is 818. The molecule has 1 aliphatic carbocycles. The van der Waals surface area contributed by atoms with Gasteiger partial charge in [-0.15, -0.1) is 0 Å². The lowest BCUT2D eigenvalue weighted by molar-refractivity contribution is -0.121. The van der Waals surface area contributed by atoms with Gasteiger partial charge in [0.05, 0.1) is 6.10 Å². The summed E-state index contributed by atoms with van der Waals surface area (Å²) in [5.74, 6) is 0.897. The topological polar surface area (TPSA) is 82.7 Å². The zero-order valence-electron chi connectivity index (χ0n) is 22.1. The summed E-state index contributed by atoms with van der Waals surface area (Å²) in [5, 5.41) is 9.93. The van der Waals surface area contributed by atoms with Gasteiger partial charge in [-0.2, -0.15) is 0 Å². The second-order valence-electron chi connectivity index (χ2n) is 10.4.